The molecule has 5 atom stereocenters. The van der Waals surface area contributed by atoms with E-state index in [1.54, 1.807) is 24.8 Å². The van der Waals surface area contributed by atoms with Crippen molar-refractivity contribution in [3.63, 3.8) is 0 Å². The van der Waals surface area contributed by atoms with Gasteiger partial charge in [-0.2, -0.15) is 0 Å². The van der Waals surface area contributed by atoms with Gasteiger partial charge in [0.05, 0.1) is 17.4 Å². The van der Waals surface area contributed by atoms with E-state index in [0.717, 1.165) is 0 Å². The second kappa shape index (κ2) is 9.29. The summed E-state index contributed by atoms with van der Waals surface area (Å²) in [5.41, 5.74) is -0.990. The summed E-state index contributed by atoms with van der Waals surface area (Å²) in [6.45, 7) is 9.24. The van der Waals surface area contributed by atoms with Crippen molar-refractivity contribution >= 4 is 29.2 Å². The molecule has 2 saturated heterocycles. The number of carbonyl (C=O) groups excluding carboxylic acids is 3. The van der Waals surface area contributed by atoms with Gasteiger partial charge >= 0.3 is 0 Å². The number of hydrogen-bond acceptors (Lipinski definition) is 6. The third kappa shape index (κ3) is 4.26. The highest BCUT2D eigenvalue weighted by Gasteiger charge is 2.76. The van der Waals surface area contributed by atoms with Crippen LogP contribution in [0.2, 0.25) is 0 Å². The van der Waals surface area contributed by atoms with Gasteiger partial charge in [-0.25, -0.2) is 0 Å². The van der Waals surface area contributed by atoms with Gasteiger partial charge in [0, 0.05) is 17.3 Å². The van der Waals surface area contributed by atoms with Gasteiger partial charge in [-0.3, -0.25) is 19.3 Å². The van der Waals surface area contributed by atoms with E-state index in [2.05, 4.69) is 27.9 Å². The molecule has 2 aromatic rings. The zero-order chi connectivity index (χ0) is 28.4. The van der Waals surface area contributed by atoms with E-state index in [-0.39, 0.29) is 17.6 Å². The van der Waals surface area contributed by atoms with Gasteiger partial charge in [0.15, 0.2) is 5.82 Å². The van der Waals surface area contributed by atoms with Crippen LogP contribution in [-0.4, -0.2) is 45.7 Å². The lowest BCUT2D eigenvalue weighted by Gasteiger charge is -2.35. The zero-order valence-corrected chi connectivity index (χ0v) is 23.8. The van der Waals surface area contributed by atoms with Crippen LogP contribution in [0.5, 0.6) is 0 Å². The number of anilines is 2. The second-order valence-corrected chi connectivity index (χ2v) is 13.0. The minimum absolute atomic E-state index is 0.273. The van der Waals surface area contributed by atoms with E-state index >= 15 is 0 Å². The van der Waals surface area contributed by atoms with Gasteiger partial charge < -0.3 is 19.9 Å². The van der Waals surface area contributed by atoms with Gasteiger partial charge in [-0.15, -0.1) is 0 Å². The second-order valence-electron chi connectivity index (χ2n) is 13.0. The van der Waals surface area contributed by atoms with Crippen LogP contribution in [0, 0.1) is 18.8 Å². The average molecular weight is 547 g/mol. The van der Waals surface area contributed by atoms with Crippen molar-refractivity contribution < 1.29 is 23.6 Å². The van der Waals surface area contributed by atoms with Crippen LogP contribution in [0.1, 0.15) is 77.0 Å². The van der Waals surface area contributed by atoms with Crippen molar-refractivity contribution in [2.45, 2.75) is 95.4 Å². The lowest BCUT2D eigenvalue weighted by Crippen LogP contribution is -2.58. The van der Waals surface area contributed by atoms with E-state index in [4.69, 9.17) is 9.26 Å². The monoisotopic (exact) mass is 546 g/mol. The molecule has 1 spiro atoms. The number of fused-ring (bicyclic) bond motifs is 1. The van der Waals surface area contributed by atoms with E-state index in [0.29, 0.717) is 17.4 Å². The Labute approximate surface area is 234 Å². The molecular formula is C31H38N4O5. The Morgan fingerprint density at radius 1 is 1.05 bits per heavy atom. The molecule has 1 saturated carbocycles. The predicted octanol–water partition coefficient (Wildman–Crippen LogP) is 4.63. The highest BCUT2D eigenvalue weighted by atomic mass is 16.5. The van der Waals surface area contributed by atoms with Crippen molar-refractivity contribution in [3.05, 3.63) is 53.8 Å². The number of nitrogens with zero attached hydrogens (tertiary/aromatic N) is 2. The van der Waals surface area contributed by atoms with Crippen LogP contribution in [0.3, 0.4) is 0 Å². The highest BCUT2D eigenvalue weighted by Crippen LogP contribution is 2.60. The van der Waals surface area contributed by atoms with Crippen molar-refractivity contribution in [2.24, 2.45) is 11.8 Å². The van der Waals surface area contributed by atoms with Crippen molar-refractivity contribution in [2.75, 3.05) is 10.2 Å². The van der Waals surface area contributed by atoms with E-state index < -0.39 is 40.5 Å². The molecule has 4 heterocycles. The van der Waals surface area contributed by atoms with Gasteiger partial charge in [0.25, 0.3) is 0 Å². The number of aryl methyl sites for hydroxylation is 1. The zero-order valence-electron chi connectivity index (χ0n) is 23.8. The summed E-state index contributed by atoms with van der Waals surface area (Å²) >= 11 is 0. The summed E-state index contributed by atoms with van der Waals surface area (Å²) in [5.74, 6) is -1.42. The molecule has 40 heavy (non-hydrogen) atoms. The fraction of sp³-hybridized carbons (Fsp3) is 0.548. The van der Waals surface area contributed by atoms with Gasteiger partial charge in [0.1, 0.15) is 17.4 Å². The molecule has 6 rings (SSSR count). The van der Waals surface area contributed by atoms with E-state index in [9.17, 15) is 14.4 Å². The molecule has 2 bridgehead atoms. The van der Waals surface area contributed by atoms with Gasteiger partial charge in [0.2, 0.25) is 17.7 Å². The Bertz CT molecular complexity index is 1370. The topological polar surface area (TPSA) is 114 Å². The molecule has 0 unspecified atom stereocenters. The normalized spacial score (nSPS) is 31.5. The largest absolute Gasteiger partial charge is 0.360 e. The van der Waals surface area contributed by atoms with Crippen LogP contribution in [-0.2, 0) is 19.1 Å². The molecule has 1 aromatic heterocycles. The molecule has 1 aromatic carbocycles. The average Bonchev–Trinajstić information content (AvgIpc) is 3.60. The Kier molecular flexibility index (Phi) is 6.22. The SMILES string of the molecule is Cc1cc(NC(=O)[C@@H]2[C@@H]3C(=O)N(c4ccc(C5CCCCC5)cc4)[C@H](C(=O)NC(C)(C)C)[C@@]34C=C[C@]2(C)O4)no1. The van der Waals surface area contributed by atoms with E-state index in [1.807, 2.05) is 45.1 Å². The highest BCUT2D eigenvalue weighted by molar-refractivity contribution is 6.11. The van der Waals surface area contributed by atoms with Crippen LogP contribution < -0.4 is 15.5 Å². The Morgan fingerprint density at radius 3 is 2.38 bits per heavy atom. The fourth-order valence-electron chi connectivity index (χ4n) is 7.22. The molecule has 9 nitrogen and oxygen atoms in total. The molecule has 3 aliphatic heterocycles. The van der Waals surface area contributed by atoms with Gasteiger partial charge in [-0.05, 0) is 71.1 Å². The van der Waals surface area contributed by atoms with Crippen molar-refractivity contribution in [3.8, 4) is 0 Å². The minimum atomic E-state index is -1.29. The molecule has 9 heteroatoms. The summed E-state index contributed by atoms with van der Waals surface area (Å²) in [6.07, 6.45) is 9.73. The fourth-order valence-corrected chi connectivity index (χ4v) is 7.22. The maximum absolute atomic E-state index is 14.4. The quantitative estimate of drug-likeness (QED) is 0.529. The summed E-state index contributed by atoms with van der Waals surface area (Å²) in [7, 11) is 0. The first-order valence-electron chi connectivity index (χ1n) is 14.3. The number of hydrogen-bond donors (Lipinski definition) is 2. The minimum Gasteiger partial charge on any atom is -0.360 e. The summed E-state index contributed by atoms with van der Waals surface area (Å²) in [5, 5.41) is 9.74. The Morgan fingerprint density at radius 2 is 1.75 bits per heavy atom. The molecule has 0 radical (unpaired) electrons. The summed E-state index contributed by atoms with van der Waals surface area (Å²) < 4.78 is 11.7. The molecule has 3 fully saturated rings. The lowest BCUT2D eigenvalue weighted by molar-refractivity contribution is -0.131. The van der Waals surface area contributed by atoms with Gasteiger partial charge in [-0.1, -0.05) is 48.7 Å². The summed E-state index contributed by atoms with van der Waals surface area (Å²) in [4.78, 5) is 43.6. The van der Waals surface area contributed by atoms with Crippen LogP contribution in [0.25, 0.3) is 0 Å². The third-order valence-electron chi connectivity index (χ3n) is 8.85. The standard InChI is InChI=1S/C31H38N4O5/c1-18-17-22(34-39-18)32-26(36)23-24-28(38)35(21-13-11-20(12-14-21)19-9-7-6-8-10-19)25(27(37)33-29(2,3)4)31(24)16-15-30(23,5)40-31/h11-17,19,23-25H,6-10H2,1-5H3,(H,33,37)(H,32,34,36)/t23-,24+,25+,30-,31+/m0/s1. The molecule has 3 amide bonds. The number of benzene rings is 1. The molecule has 4 aliphatic rings. The molecule has 2 N–H and O–H groups in total. The first kappa shape index (κ1) is 26.7. The van der Waals surface area contributed by atoms with Crippen LogP contribution >= 0.6 is 0 Å². The number of aromatic nitrogens is 1. The van der Waals surface area contributed by atoms with E-state index in [1.165, 1.54) is 37.7 Å². The van der Waals surface area contributed by atoms with Crippen molar-refractivity contribution in [1.29, 1.82) is 0 Å². The first-order valence-corrected chi connectivity index (χ1v) is 14.3. The number of carbonyl (C=O) groups is 3. The Balaban J connectivity index is 1.38. The summed E-state index contributed by atoms with van der Waals surface area (Å²) in [6, 6.07) is 8.67. The molecular weight excluding hydrogens is 508 g/mol. The lowest BCUT2D eigenvalue weighted by atomic mass is 9.70. The maximum Gasteiger partial charge on any atom is 0.246 e. The number of nitrogens with one attached hydrogen (secondary N) is 2. The van der Waals surface area contributed by atoms with Crippen LogP contribution in [0.4, 0.5) is 11.5 Å². The number of rotatable bonds is 5. The van der Waals surface area contributed by atoms with Crippen molar-refractivity contribution in [1.82, 2.24) is 10.5 Å². The first-order chi connectivity index (χ1) is 18.9. The maximum atomic E-state index is 14.4. The number of ether oxygens (including phenoxy) is 1. The third-order valence-corrected chi connectivity index (χ3v) is 8.85. The molecule has 1 aliphatic carbocycles. The molecule has 212 valence electrons. The Hall–Kier alpha value is -3.46. The van der Waals surface area contributed by atoms with Crippen LogP contribution in [0.15, 0.2) is 47.0 Å². The number of amides is 3. The smallest absolute Gasteiger partial charge is 0.246 e. The predicted molar refractivity (Wildman–Crippen MR) is 150 cm³/mol.